The van der Waals surface area contributed by atoms with Gasteiger partial charge in [-0.15, -0.1) is 0 Å². The molecule has 0 aliphatic carbocycles. The van der Waals surface area contributed by atoms with Crippen LogP contribution in [0.5, 0.6) is 5.75 Å². The number of carbonyl (C=O) groups is 1. The van der Waals surface area contributed by atoms with Crippen molar-refractivity contribution >= 4 is 21.6 Å². The van der Waals surface area contributed by atoms with Gasteiger partial charge in [0.1, 0.15) is 5.75 Å². The minimum atomic E-state index is -3.66. The van der Waals surface area contributed by atoms with Crippen LogP contribution in [0, 0.1) is 0 Å². The van der Waals surface area contributed by atoms with Crippen molar-refractivity contribution in [2.75, 3.05) is 12.4 Å². The Kier molecular flexibility index (Phi) is 9.07. The van der Waals surface area contributed by atoms with E-state index < -0.39 is 16.1 Å². The lowest BCUT2D eigenvalue weighted by Gasteiger charge is -2.21. The number of hydrogen-bond acceptors (Lipinski definition) is 4. The molecule has 3 rings (SSSR count). The van der Waals surface area contributed by atoms with Gasteiger partial charge in [-0.2, -0.15) is 4.31 Å². The summed E-state index contributed by atoms with van der Waals surface area (Å²) in [7, 11) is -2.11. The van der Waals surface area contributed by atoms with Gasteiger partial charge in [0.2, 0.25) is 10.0 Å². The summed E-state index contributed by atoms with van der Waals surface area (Å²) in [5, 5.41) is 2.85. The maximum atomic E-state index is 13.0. The molecular formula is C28H34N2O4S. The first kappa shape index (κ1) is 26.4. The van der Waals surface area contributed by atoms with Crippen LogP contribution in [-0.4, -0.2) is 31.8 Å². The second-order valence-corrected chi connectivity index (χ2v) is 10.7. The molecule has 0 saturated heterocycles. The van der Waals surface area contributed by atoms with Gasteiger partial charge >= 0.3 is 0 Å². The zero-order valence-electron chi connectivity index (χ0n) is 20.8. The minimum absolute atomic E-state index is 0.166. The smallest absolute Gasteiger partial charge is 0.265 e. The lowest BCUT2D eigenvalue weighted by Crippen LogP contribution is -2.32. The normalized spacial score (nSPS) is 13.3. The highest BCUT2D eigenvalue weighted by Crippen LogP contribution is 2.29. The van der Waals surface area contributed by atoms with Crippen LogP contribution in [0.2, 0.25) is 0 Å². The summed E-state index contributed by atoms with van der Waals surface area (Å²) in [4.78, 5) is 13.1. The molecule has 0 heterocycles. The zero-order valence-corrected chi connectivity index (χ0v) is 21.6. The molecule has 0 aliphatic rings. The highest BCUT2D eigenvalue weighted by atomic mass is 32.2. The van der Waals surface area contributed by atoms with Crippen LogP contribution in [0.15, 0.2) is 83.8 Å². The van der Waals surface area contributed by atoms with Gasteiger partial charge in [-0.25, -0.2) is 8.42 Å². The molecular weight excluding hydrogens is 460 g/mol. The van der Waals surface area contributed by atoms with E-state index in [0.29, 0.717) is 23.8 Å². The van der Waals surface area contributed by atoms with Crippen molar-refractivity contribution in [2.45, 2.75) is 57.1 Å². The topological polar surface area (TPSA) is 75.7 Å². The van der Waals surface area contributed by atoms with Crippen LogP contribution in [0.4, 0.5) is 5.69 Å². The van der Waals surface area contributed by atoms with Gasteiger partial charge in [0.05, 0.1) is 4.90 Å². The minimum Gasteiger partial charge on any atom is -0.480 e. The van der Waals surface area contributed by atoms with Gasteiger partial charge in [0.25, 0.3) is 5.91 Å². The van der Waals surface area contributed by atoms with E-state index in [1.165, 1.54) is 16.4 Å². The summed E-state index contributed by atoms with van der Waals surface area (Å²) in [5.74, 6) is 0.760. The number of carbonyl (C=O) groups excluding carboxylic acids is 1. The Morgan fingerprint density at radius 3 is 2.17 bits per heavy atom. The Balaban J connectivity index is 1.68. The molecule has 0 aliphatic heterocycles. The van der Waals surface area contributed by atoms with Gasteiger partial charge in [-0.3, -0.25) is 4.79 Å². The van der Waals surface area contributed by atoms with E-state index in [4.69, 9.17) is 4.74 Å². The lowest BCUT2D eigenvalue weighted by atomic mass is 9.98. The number of rotatable bonds is 11. The summed E-state index contributed by atoms with van der Waals surface area (Å²) in [5.41, 5.74) is 2.50. The zero-order chi connectivity index (χ0) is 25.4. The van der Waals surface area contributed by atoms with Crippen molar-refractivity contribution in [3.8, 4) is 5.75 Å². The molecule has 6 nitrogen and oxygen atoms in total. The third-order valence-corrected chi connectivity index (χ3v) is 7.89. The van der Waals surface area contributed by atoms with Crippen LogP contribution in [0.1, 0.15) is 50.7 Å². The number of ether oxygens (including phenoxy) is 1. The predicted molar refractivity (Wildman–Crippen MR) is 140 cm³/mol. The largest absolute Gasteiger partial charge is 0.480 e. The Bertz CT molecular complexity index is 1210. The number of nitrogens with one attached hydrogen (secondary N) is 1. The molecule has 2 atom stereocenters. The molecule has 0 radical (unpaired) electrons. The first-order valence-electron chi connectivity index (χ1n) is 11.9. The SMILES string of the molecule is CCC(Oc1ccccc1C(C)CC)C(=O)Nc1ccc(S(=O)(=O)N(C)Cc2ccccc2)cc1. The van der Waals surface area contributed by atoms with Gasteiger partial charge in [0, 0.05) is 19.3 Å². The fourth-order valence-corrected chi connectivity index (χ4v) is 4.89. The highest BCUT2D eigenvalue weighted by molar-refractivity contribution is 7.89. The quantitative estimate of drug-likeness (QED) is 0.365. The van der Waals surface area contributed by atoms with E-state index in [9.17, 15) is 13.2 Å². The molecule has 3 aromatic carbocycles. The Morgan fingerprint density at radius 2 is 1.54 bits per heavy atom. The van der Waals surface area contributed by atoms with Crippen molar-refractivity contribution in [3.63, 3.8) is 0 Å². The van der Waals surface area contributed by atoms with Crippen LogP contribution in [0.3, 0.4) is 0 Å². The van der Waals surface area contributed by atoms with Crippen LogP contribution in [-0.2, 0) is 21.4 Å². The number of hydrogen-bond donors (Lipinski definition) is 1. The second-order valence-electron chi connectivity index (χ2n) is 8.62. The fourth-order valence-electron chi connectivity index (χ4n) is 3.73. The standard InChI is InChI=1S/C28H34N2O4S/c1-5-21(3)25-14-10-11-15-27(25)34-26(6-2)28(31)29-23-16-18-24(19-17-23)35(32,33)30(4)20-22-12-8-7-9-13-22/h7-19,21,26H,5-6,20H2,1-4H3,(H,29,31). The Morgan fingerprint density at radius 1 is 0.914 bits per heavy atom. The van der Waals surface area contributed by atoms with Crippen LogP contribution < -0.4 is 10.1 Å². The molecule has 0 saturated carbocycles. The van der Waals surface area contributed by atoms with E-state index in [1.54, 1.807) is 19.2 Å². The average Bonchev–Trinajstić information content (AvgIpc) is 2.87. The molecule has 1 N–H and O–H groups in total. The maximum absolute atomic E-state index is 13.0. The summed E-state index contributed by atoms with van der Waals surface area (Å²) in [6.07, 6.45) is 0.803. The van der Waals surface area contributed by atoms with Crippen molar-refractivity contribution in [1.82, 2.24) is 4.31 Å². The summed E-state index contributed by atoms with van der Waals surface area (Å²) in [6, 6.07) is 23.4. The van der Waals surface area contributed by atoms with Crippen LogP contribution >= 0.6 is 0 Å². The number of para-hydroxylation sites is 1. The third-order valence-electron chi connectivity index (χ3n) is 6.07. The van der Waals surface area contributed by atoms with Gasteiger partial charge in [-0.05, 0) is 60.2 Å². The molecule has 0 fully saturated rings. The van der Waals surface area contributed by atoms with E-state index in [2.05, 4.69) is 19.2 Å². The summed E-state index contributed by atoms with van der Waals surface area (Å²) >= 11 is 0. The van der Waals surface area contributed by atoms with Crippen LogP contribution in [0.25, 0.3) is 0 Å². The molecule has 1 amide bonds. The van der Waals surface area contributed by atoms with E-state index in [1.807, 2.05) is 61.5 Å². The molecule has 0 aromatic heterocycles. The van der Waals surface area contributed by atoms with Gasteiger partial charge in [0.15, 0.2) is 6.10 Å². The van der Waals surface area contributed by atoms with Crippen molar-refractivity contribution in [3.05, 3.63) is 90.0 Å². The monoisotopic (exact) mass is 494 g/mol. The number of amides is 1. The first-order chi connectivity index (χ1) is 16.8. The Labute approximate surface area is 209 Å². The predicted octanol–water partition coefficient (Wildman–Crippen LogP) is 5.82. The molecule has 0 bridgehead atoms. The summed E-state index contributed by atoms with van der Waals surface area (Å²) < 4.78 is 33.3. The van der Waals surface area contributed by atoms with Crippen molar-refractivity contribution in [1.29, 1.82) is 0 Å². The third kappa shape index (κ3) is 6.71. The number of sulfonamides is 1. The highest BCUT2D eigenvalue weighted by Gasteiger charge is 2.23. The van der Waals surface area contributed by atoms with E-state index >= 15 is 0 Å². The van der Waals surface area contributed by atoms with Crippen molar-refractivity contribution < 1.29 is 17.9 Å². The first-order valence-corrected chi connectivity index (χ1v) is 13.4. The molecule has 35 heavy (non-hydrogen) atoms. The van der Waals surface area contributed by atoms with E-state index in [-0.39, 0.29) is 17.3 Å². The Hall–Kier alpha value is -3.16. The second kappa shape index (κ2) is 12.0. The van der Waals surface area contributed by atoms with Gasteiger partial charge in [-0.1, -0.05) is 69.3 Å². The number of anilines is 1. The number of benzene rings is 3. The average molecular weight is 495 g/mol. The van der Waals surface area contributed by atoms with E-state index in [0.717, 1.165) is 17.5 Å². The van der Waals surface area contributed by atoms with Gasteiger partial charge < -0.3 is 10.1 Å². The molecule has 0 spiro atoms. The molecule has 2 unspecified atom stereocenters. The maximum Gasteiger partial charge on any atom is 0.265 e. The van der Waals surface area contributed by atoms with Crippen molar-refractivity contribution in [2.24, 2.45) is 0 Å². The fraction of sp³-hybridized carbons (Fsp3) is 0.321. The lowest BCUT2D eigenvalue weighted by molar-refractivity contribution is -0.122. The molecule has 186 valence electrons. The molecule has 7 heteroatoms. The number of nitrogens with zero attached hydrogens (tertiary/aromatic N) is 1. The summed E-state index contributed by atoms with van der Waals surface area (Å²) in [6.45, 7) is 6.43. The molecule has 3 aromatic rings.